The number of hydrogen-bond acceptors (Lipinski definition) is 2. The zero-order valence-electron chi connectivity index (χ0n) is 11.3. The second kappa shape index (κ2) is 7.20. The standard InChI is InChI=1S/C16H15ClFNO2/c17-14-7-4-8-15(18)13(14)10-19(11-16(20)21)9-12-5-2-1-3-6-12/h1-8H,9-11H2,(H,20,21). The molecule has 2 rings (SSSR count). The summed E-state index contributed by atoms with van der Waals surface area (Å²) < 4.78 is 13.8. The highest BCUT2D eigenvalue weighted by atomic mass is 35.5. The lowest BCUT2D eigenvalue weighted by atomic mass is 10.1. The fourth-order valence-corrected chi connectivity index (χ4v) is 2.46. The zero-order valence-corrected chi connectivity index (χ0v) is 12.1. The van der Waals surface area contributed by atoms with Gasteiger partial charge in [-0.25, -0.2) is 4.39 Å². The number of carboxylic acids is 1. The van der Waals surface area contributed by atoms with E-state index in [0.717, 1.165) is 5.56 Å². The molecule has 0 radical (unpaired) electrons. The SMILES string of the molecule is O=C([O-])C[NH+](Cc1ccccc1)Cc1c(F)cccc1Cl. The Morgan fingerprint density at radius 1 is 1.10 bits per heavy atom. The van der Waals surface area contributed by atoms with Gasteiger partial charge in [0, 0.05) is 5.56 Å². The van der Waals surface area contributed by atoms with Gasteiger partial charge in [0.25, 0.3) is 0 Å². The molecule has 3 nitrogen and oxygen atoms in total. The van der Waals surface area contributed by atoms with Crippen LogP contribution in [0.15, 0.2) is 48.5 Å². The van der Waals surface area contributed by atoms with Gasteiger partial charge in [-0.3, -0.25) is 0 Å². The molecular weight excluding hydrogens is 293 g/mol. The summed E-state index contributed by atoms with van der Waals surface area (Å²) in [5.74, 6) is -1.60. The summed E-state index contributed by atoms with van der Waals surface area (Å²) >= 11 is 6.00. The van der Waals surface area contributed by atoms with Gasteiger partial charge in [0.15, 0.2) is 0 Å². The maximum absolute atomic E-state index is 13.8. The van der Waals surface area contributed by atoms with Crippen molar-refractivity contribution in [2.75, 3.05) is 6.54 Å². The molecule has 0 spiro atoms. The lowest BCUT2D eigenvalue weighted by Crippen LogP contribution is -3.10. The van der Waals surface area contributed by atoms with Gasteiger partial charge in [0.2, 0.25) is 0 Å². The highest BCUT2D eigenvalue weighted by Gasteiger charge is 2.16. The number of aliphatic carboxylic acids is 1. The molecule has 2 aromatic carbocycles. The molecule has 1 atom stereocenters. The van der Waals surface area contributed by atoms with Gasteiger partial charge < -0.3 is 14.8 Å². The third-order valence-corrected chi connectivity index (χ3v) is 3.53. The molecule has 0 aliphatic carbocycles. The van der Waals surface area contributed by atoms with E-state index in [1.807, 2.05) is 30.3 Å². The van der Waals surface area contributed by atoms with Crippen LogP contribution >= 0.6 is 11.6 Å². The van der Waals surface area contributed by atoms with Crippen molar-refractivity contribution in [1.82, 2.24) is 0 Å². The summed E-state index contributed by atoms with van der Waals surface area (Å²) in [5.41, 5.74) is 1.30. The first-order chi connectivity index (χ1) is 10.1. The maximum atomic E-state index is 13.8. The van der Waals surface area contributed by atoms with Gasteiger partial charge in [-0.2, -0.15) is 0 Å². The van der Waals surface area contributed by atoms with E-state index >= 15 is 0 Å². The van der Waals surface area contributed by atoms with Crippen LogP contribution in [-0.4, -0.2) is 12.5 Å². The van der Waals surface area contributed by atoms with Crippen molar-refractivity contribution in [2.24, 2.45) is 0 Å². The number of carbonyl (C=O) groups excluding carboxylic acids is 1. The van der Waals surface area contributed by atoms with E-state index in [-0.39, 0.29) is 13.1 Å². The molecule has 110 valence electrons. The Hall–Kier alpha value is -1.91. The van der Waals surface area contributed by atoms with Crippen molar-refractivity contribution in [3.8, 4) is 0 Å². The number of halogens is 2. The lowest BCUT2D eigenvalue weighted by Gasteiger charge is -2.21. The molecule has 0 aliphatic heterocycles. The van der Waals surface area contributed by atoms with E-state index in [4.69, 9.17) is 11.6 Å². The fourth-order valence-electron chi connectivity index (χ4n) is 2.23. The minimum absolute atomic E-state index is 0.189. The first-order valence-corrected chi connectivity index (χ1v) is 6.94. The van der Waals surface area contributed by atoms with Crippen LogP contribution in [0.25, 0.3) is 0 Å². The van der Waals surface area contributed by atoms with Gasteiger partial charge in [0.1, 0.15) is 25.5 Å². The van der Waals surface area contributed by atoms with Gasteiger partial charge in [-0.1, -0.05) is 48.0 Å². The molecule has 0 fully saturated rings. The molecule has 0 amide bonds. The van der Waals surface area contributed by atoms with Crippen molar-refractivity contribution in [3.63, 3.8) is 0 Å². The number of carboxylic acid groups (broad SMARTS) is 1. The maximum Gasteiger partial charge on any atom is 0.133 e. The minimum atomic E-state index is -1.17. The molecule has 0 heterocycles. The van der Waals surface area contributed by atoms with E-state index in [1.54, 1.807) is 6.07 Å². The average Bonchev–Trinajstić information content (AvgIpc) is 2.43. The zero-order chi connectivity index (χ0) is 15.2. The highest BCUT2D eigenvalue weighted by Crippen LogP contribution is 2.17. The van der Waals surface area contributed by atoms with Crippen molar-refractivity contribution < 1.29 is 19.2 Å². The Kier molecular flexibility index (Phi) is 5.31. The van der Waals surface area contributed by atoms with Gasteiger partial charge in [-0.05, 0) is 12.1 Å². The van der Waals surface area contributed by atoms with Gasteiger partial charge in [-0.15, -0.1) is 0 Å². The van der Waals surface area contributed by atoms with Gasteiger partial charge in [0.05, 0.1) is 16.6 Å². The van der Waals surface area contributed by atoms with Crippen LogP contribution in [-0.2, 0) is 17.9 Å². The minimum Gasteiger partial charge on any atom is -0.544 e. The summed E-state index contributed by atoms with van der Waals surface area (Å²) in [4.78, 5) is 11.6. The topological polar surface area (TPSA) is 44.6 Å². The van der Waals surface area contributed by atoms with Crippen LogP contribution in [0.3, 0.4) is 0 Å². The predicted molar refractivity (Wildman–Crippen MR) is 76.1 cm³/mol. The second-order valence-corrected chi connectivity index (χ2v) is 5.25. The van der Waals surface area contributed by atoms with Crippen LogP contribution in [0.4, 0.5) is 4.39 Å². The first kappa shape index (κ1) is 15.5. The third kappa shape index (κ3) is 4.55. The smallest absolute Gasteiger partial charge is 0.133 e. The Morgan fingerprint density at radius 3 is 2.43 bits per heavy atom. The molecule has 0 bridgehead atoms. The Bertz CT molecular complexity index is 599. The second-order valence-electron chi connectivity index (χ2n) is 4.84. The van der Waals surface area contributed by atoms with Gasteiger partial charge >= 0.3 is 0 Å². The summed E-state index contributed by atoms with van der Waals surface area (Å²) in [5, 5.41) is 11.2. The number of benzene rings is 2. The summed E-state index contributed by atoms with van der Waals surface area (Å²) in [6, 6.07) is 13.9. The molecule has 0 saturated heterocycles. The molecule has 1 N–H and O–H groups in total. The molecular formula is C16H15ClFNO2. The van der Waals surface area contributed by atoms with Crippen LogP contribution in [0.5, 0.6) is 0 Å². The molecule has 2 aromatic rings. The Balaban J connectivity index is 2.18. The fraction of sp³-hybridized carbons (Fsp3) is 0.188. The van der Waals surface area contributed by atoms with Crippen LogP contribution in [0.1, 0.15) is 11.1 Å². The Labute approximate surface area is 127 Å². The first-order valence-electron chi connectivity index (χ1n) is 6.56. The largest absolute Gasteiger partial charge is 0.544 e. The molecule has 0 saturated carbocycles. The number of hydrogen-bond donors (Lipinski definition) is 1. The van der Waals surface area contributed by atoms with E-state index in [0.29, 0.717) is 22.0 Å². The average molecular weight is 308 g/mol. The molecule has 5 heteroatoms. The van der Waals surface area contributed by atoms with E-state index < -0.39 is 11.8 Å². The van der Waals surface area contributed by atoms with Crippen molar-refractivity contribution in [3.05, 3.63) is 70.5 Å². The number of nitrogens with one attached hydrogen (secondary N) is 1. The quantitative estimate of drug-likeness (QED) is 0.858. The van der Waals surface area contributed by atoms with E-state index in [9.17, 15) is 14.3 Å². The molecule has 0 aromatic heterocycles. The Morgan fingerprint density at radius 2 is 1.81 bits per heavy atom. The summed E-state index contributed by atoms with van der Waals surface area (Å²) in [7, 11) is 0. The molecule has 21 heavy (non-hydrogen) atoms. The number of quaternary nitrogens is 1. The summed E-state index contributed by atoms with van der Waals surface area (Å²) in [6.45, 7) is 0.438. The van der Waals surface area contributed by atoms with Crippen molar-refractivity contribution >= 4 is 17.6 Å². The number of rotatable bonds is 6. The summed E-state index contributed by atoms with van der Waals surface area (Å²) in [6.07, 6.45) is 0. The molecule has 1 unspecified atom stereocenters. The third-order valence-electron chi connectivity index (χ3n) is 3.18. The van der Waals surface area contributed by atoms with Crippen molar-refractivity contribution in [1.29, 1.82) is 0 Å². The van der Waals surface area contributed by atoms with Crippen LogP contribution in [0, 0.1) is 5.82 Å². The van der Waals surface area contributed by atoms with E-state index in [2.05, 4.69) is 0 Å². The van der Waals surface area contributed by atoms with Crippen LogP contribution < -0.4 is 10.0 Å². The predicted octanol–water partition coefficient (Wildman–Crippen LogP) is 0.814. The van der Waals surface area contributed by atoms with Crippen LogP contribution in [0.2, 0.25) is 5.02 Å². The molecule has 0 aliphatic rings. The van der Waals surface area contributed by atoms with E-state index in [1.165, 1.54) is 12.1 Å². The van der Waals surface area contributed by atoms with Crippen molar-refractivity contribution in [2.45, 2.75) is 13.1 Å². The normalized spacial score (nSPS) is 12.1. The number of carbonyl (C=O) groups is 1. The highest BCUT2D eigenvalue weighted by molar-refractivity contribution is 6.31. The monoisotopic (exact) mass is 307 g/mol. The lowest BCUT2D eigenvalue weighted by molar-refractivity contribution is -0.922.